The Hall–Kier alpha value is -8.14. The Morgan fingerprint density at radius 3 is 1.71 bits per heavy atom. The topological polar surface area (TPSA) is 29.5 Å². The van der Waals surface area contributed by atoms with E-state index in [9.17, 15) is 0 Å². The third-order valence-electron chi connectivity index (χ3n) is 13.1. The Labute approximate surface area is 358 Å². The molecule has 2 heterocycles. The molecule has 13 rings (SSSR count). The van der Waals surface area contributed by atoms with Crippen molar-refractivity contribution in [1.82, 2.24) is 0 Å². The maximum Gasteiger partial charge on any atom is 0.137 e. The van der Waals surface area contributed by atoms with Crippen LogP contribution in [0.1, 0.15) is 22.3 Å². The summed E-state index contributed by atoms with van der Waals surface area (Å²) in [5, 5.41) is 6.75. The minimum Gasteiger partial charge on any atom is -0.456 e. The van der Waals surface area contributed by atoms with E-state index < -0.39 is 5.41 Å². The normalized spacial score (nSPS) is 13.0. The van der Waals surface area contributed by atoms with E-state index in [2.05, 4.69) is 217 Å². The molecule has 0 N–H and O–H groups in total. The van der Waals surface area contributed by atoms with Crippen LogP contribution in [0, 0.1) is 0 Å². The predicted octanol–water partition coefficient (Wildman–Crippen LogP) is 16.1. The van der Waals surface area contributed by atoms with Crippen molar-refractivity contribution in [2.24, 2.45) is 0 Å². The van der Waals surface area contributed by atoms with Crippen LogP contribution >= 0.6 is 0 Å². The number of para-hydroxylation sites is 2. The first kappa shape index (κ1) is 34.7. The van der Waals surface area contributed by atoms with Crippen LogP contribution < -0.4 is 4.90 Å². The van der Waals surface area contributed by atoms with Gasteiger partial charge in [-0.05, 0) is 104 Å². The predicted molar refractivity (Wildman–Crippen MR) is 256 cm³/mol. The highest BCUT2D eigenvalue weighted by Crippen LogP contribution is 2.57. The van der Waals surface area contributed by atoms with E-state index in [4.69, 9.17) is 8.83 Å². The van der Waals surface area contributed by atoms with Crippen LogP contribution in [0.2, 0.25) is 0 Å². The molecule has 0 bridgehead atoms. The van der Waals surface area contributed by atoms with Crippen LogP contribution in [0.15, 0.2) is 233 Å². The molecule has 0 saturated heterocycles. The number of hydrogen-bond acceptors (Lipinski definition) is 3. The number of benzene rings is 10. The Balaban J connectivity index is 1.10. The summed E-state index contributed by atoms with van der Waals surface area (Å²) in [6, 6.07) is 81.2. The molecule has 3 nitrogen and oxygen atoms in total. The van der Waals surface area contributed by atoms with Crippen molar-refractivity contribution in [3.63, 3.8) is 0 Å². The van der Waals surface area contributed by atoms with E-state index in [-0.39, 0.29) is 0 Å². The maximum atomic E-state index is 6.63. The fourth-order valence-electron chi connectivity index (χ4n) is 10.5. The van der Waals surface area contributed by atoms with E-state index in [0.29, 0.717) is 0 Å². The lowest BCUT2D eigenvalue weighted by molar-refractivity contribution is 0.669. The first-order valence-corrected chi connectivity index (χ1v) is 21.2. The molecule has 0 aliphatic heterocycles. The van der Waals surface area contributed by atoms with Crippen molar-refractivity contribution >= 4 is 71.7 Å². The highest BCUT2D eigenvalue weighted by Gasteiger charge is 2.46. The van der Waals surface area contributed by atoms with E-state index in [1.165, 1.54) is 38.8 Å². The quantitative estimate of drug-likeness (QED) is 0.168. The molecule has 1 aliphatic carbocycles. The van der Waals surface area contributed by atoms with Gasteiger partial charge in [-0.2, -0.15) is 0 Å². The van der Waals surface area contributed by atoms with Gasteiger partial charge >= 0.3 is 0 Å². The fraction of sp³-hybridized carbons (Fsp3) is 0.0169. The zero-order valence-electron chi connectivity index (χ0n) is 33.6. The number of nitrogens with zero attached hydrogens (tertiary/aromatic N) is 1. The van der Waals surface area contributed by atoms with Gasteiger partial charge in [0.2, 0.25) is 0 Å². The van der Waals surface area contributed by atoms with Gasteiger partial charge in [0.1, 0.15) is 22.3 Å². The van der Waals surface area contributed by atoms with E-state index in [1.54, 1.807) is 0 Å². The van der Waals surface area contributed by atoms with Crippen molar-refractivity contribution in [2.45, 2.75) is 5.41 Å². The molecule has 62 heavy (non-hydrogen) atoms. The van der Waals surface area contributed by atoms with Gasteiger partial charge in [0, 0.05) is 44.5 Å². The second-order valence-electron chi connectivity index (χ2n) is 16.4. The maximum absolute atomic E-state index is 6.63. The molecule has 3 heteroatoms. The molecule has 0 saturated carbocycles. The summed E-state index contributed by atoms with van der Waals surface area (Å²) >= 11 is 0. The smallest absolute Gasteiger partial charge is 0.137 e. The number of fused-ring (bicyclic) bond motifs is 10. The van der Waals surface area contributed by atoms with Crippen LogP contribution in [0.3, 0.4) is 0 Å². The molecule has 0 fully saturated rings. The van der Waals surface area contributed by atoms with Gasteiger partial charge in [-0.1, -0.05) is 164 Å². The van der Waals surface area contributed by atoms with Crippen LogP contribution in [0.25, 0.3) is 76.9 Å². The highest BCUT2D eigenvalue weighted by atomic mass is 16.3. The molecule has 2 aromatic heterocycles. The zero-order chi connectivity index (χ0) is 40.8. The summed E-state index contributed by atoms with van der Waals surface area (Å²) in [5.41, 5.74) is 15.7. The van der Waals surface area contributed by atoms with Crippen molar-refractivity contribution in [3.8, 4) is 22.3 Å². The summed E-state index contributed by atoms with van der Waals surface area (Å²) in [5.74, 6) is 0. The summed E-state index contributed by atoms with van der Waals surface area (Å²) < 4.78 is 13.2. The average Bonchev–Trinajstić information content (AvgIpc) is 3.99. The minimum atomic E-state index is -0.553. The van der Waals surface area contributed by atoms with Gasteiger partial charge < -0.3 is 13.7 Å². The van der Waals surface area contributed by atoms with Gasteiger partial charge in [-0.15, -0.1) is 0 Å². The summed E-state index contributed by atoms with van der Waals surface area (Å²) in [6.07, 6.45) is 0. The molecule has 0 unspecified atom stereocenters. The minimum absolute atomic E-state index is 0.553. The monoisotopic (exact) mass is 791 g/mol. The number of furan rings is 2. The van der Waals surface area contributed by atoms with Gasteiger partial charge in [0.05, 0.1) is 11.1 Å². The zero-order valence-corrected chi connectivity index (χ0v) is 33.6. The third kappa shape index (κ3) is 5.00. The molecule has 0 radical (unpaired) electrons. The molecule has 1 aliphatic rings. The Morgan fingerprint density at radius 2 is 0.887 bits per heavy atom. The second kappa shape index (κ2) is 13.4. The lowest BCUT2D eigenvalue weighted by Crippen LogP contribution is -2.28. The molecule has 0 amide bonds. The lowest BCUT2D eigenvalue weighted by Gasteiger charge is -2.35. The summed E-state index contributed by atoms with van der Waals surface area (Å²) in [4.78, 5) is 2.42. The summed E-state index contributed by atoms with van der Waals surface area (Å²) in [7, 11) is 0. The number of anilines is 3. The first-order valence-electron chi connectivity index (χ1n) is 21.2. The second-order valence-corrected chi connectivity index (χ2v) is 16.4. The molecular weight excluding hydrogens is 755 g/mol. The van der Waals surface area contributed by atoms with Crippen LogP contribution in [0.5, 0.6) is 0 Å². The first-order chi connectivity index (χ1) is 30.7. The average molecular weight is 792 g/mol. The number of rotatable bonds is 6. The Bertz CT molecular complexity index is 3670. The third-order valence-corrected chi connectivity index (χ3v) is 13.1. The van der Waals surface area contributed by atoms with Crippen LogP contribution in [-0.4, -0.2) is 0 Å². The largest absolute Gasteiger partial charge is 0.456 e. The molecule has 10 aromatic carbocycles. The molecular formula is C59H37NO2. The van der Waals surface area contributed by atoms with Gasteiger partial charge in [0.15, 0.2) is 0 Å². The number of hydrogen-bond donors (Lipinski definition) is 0. The molecule has 290 valence electrons. The molecule has 0 spiro atoms. The summed E-state index contributed by atoms with van der Waals surface area (Å²) in [6.45, 7) is 0. The van der Waals surface area contributed by atoms with Gasteiger partial charge in [0.25, 0.3) is 0 Å². The lowest BCUT2D eigenvalue weighted by atomic mass is 9.67. The standard InChI is InChI=1S/C59H37NO2/c1-3-18-40(19-4-1)59(41-20-5-2-6-21-41)51-26-12-9-22-44(51)45-32-30-42(36-52(45)59)60(43-31-33-48-47-24-11-14-28-54(47)61-57(48)37-43)53-27-13-10-23-46(53)49-25-15-29-55-58(49)50-34-38-16-7-8-17-39(38)35-56(50)62-55/h1-37H. The SMILES string of the molecule is c1ccc(C2(c3ccccc3)c3ccccc3-c3ccc(N(c4ccc5c(c4)oc4ccccc45)c4ccccc4-c4cccc5oc6cc7ccccc7cc6c45)cc32)cc1. The van der Waals surface area contributed by atoms with Crippen LogP contribution in [-0.2, 0) is 5.41 Å². The van der Waals surface area contributed by atoms with E-state index in [1.807, 2.05) is 12.1 Å². The van der Waals surface area contributed by atoms with Crippen molar-refractivity contribution in [1.29, 1.82) is 0 Å². The van der Waals surface area contributed by atoms with Crippen molar-refractivity contribution in [2.75, 3.05) is 4.90 Å². The van der Waals surface area contributed by atoms with E-state index in [0.717, 1.165) is 77.5 Å². The van der Waals surface area contributed by atoms with Gasteiger partial charge in [-0.25, -0.2) is 0 Å². The fourth-order valence-corrected chi connectivity index (χ4v) is 10.5. The van der Waals surface area contributed by atoms with Gasteiger partial charge in [-0.3, -0.25) is 0 Å². The Morgan fingerprint density at radius 1 is 0.323 bits per heavy atom. The highest BCUT2D eigenvalue weighted by molar-refractivity contribution is 6.17. The molecule has 12 aromatic rings. The van der Waals surface area contributed by atoms with Crippen molar-refractivity contribution < 1.29 is 8.83 Å². The van der Waals surface area contributed by atoms with Crippen molar-refractivity contribution in [3.05, 3.63) is 247 Å². The van der Waals surface area contributed by atoms with E-state index >= 15 is 0 Å². The molecule has 0 atom stereocenters. The van der Waals surface area contributed by atoms with Crippen LogP contribution in [0.4, 0.5) is 17.1 Å². The Kier molecular flexibility index (Phi) is 7.52.